The maximum atomic E-state index is 12.1. The summed E-state index contributed by atoms with van der Waals surface area (Å²) in [6, 6.07) is 5.69. The fourth-order valence-corrected chi connectivity index (χ4v) is 2.59. The van der Waals surface area contributed by atoms with Crippen LogP contribution in [-0.2, 0) is 0 Å². The van der Waals surface area contributed by atoms with E-state index in [1.165, 1.54) is 0 Å². The van der Waals surface area contributed by atoms with Crippen molar-refractivity contribution < 1.29 is 4.79 Å². The van der Waals surface area contributed by atoms with Gasteiger partial charge in [0.05, 0.1) is 0 Å². The van der Waals surface area contributed by atoms with Crippen molar-refractivity contribution in [2.24, 2.45) is 17.8 Å². The number of benzene rings is 1. The van der Waals surface area contributed by atoms with E-state index in [-0.39, 0.29) is 5.91 Å². The zero-order valence-corrected chi connectivity index (χ0v) is 14.0. The van der Waals surface area contributed by atoms with Gasteiger partial charge in [-0.15, -0.1) is 0 Å². The smallest absolute Gasteiger partial charge is 0.251 e. The van der Waals surface area contributed by atoms with Gasteiger partial charge in [0, 0.05) is 16.6 Å². The molecule has 106 valence electrons. The van der Waals surface area contributed by atoms with Gasteiger partial charge in [-0.1, -0.05) is 43.6 Å². The van der Waals surface area contributed by atoms with Gasteiger partial charge in [0.15, 0.2) is 0 Å². The van der Waals surface area contributed by atoms with Crippen molar-refractivity contribution in [3.63, 3.8) is 0 Å². The maximum absolute atomic E-state index is 12.1. The Bertz CT molecular complexity index is 432. The van der Waals surface area contributed by atoms with Crippen molar-refractivity contribution in [2.75, 3.05) is 6.54 Å². The quantitative estimate of drug-likeness (QED) is 0.853. The van der Waals surface area contributed by atoms with Gasteiger partial charge in [0.1, 0.15) is 0 Å². The molecule has 1 amide bonds. The average Bonchev–Trinajstić information content (AvgIpc) is 2.31. The number of halogens is 1. The van der Waals surface area contributed by atoms with Crippen LogP contribution in [0.4, 0.5) is 0 Å². The predicted molar refractivity (Wildman–Crippen MR) is 84.4 cm³/mol. The molecule has 0 heterocycles. The van der Waals surface area contributed by atoms with E-state index in [0.717, 1.165) is 22.1 Å². The zero-order chi connectivity index (χ0) is 14.6. The third-order valence-corrected chi connectivity index (χ3v) is 4.52. The Morgan fingerprint density at radius 1 is 1.21 bits per heavy atom. The molecule has 1 aromatic rings. The number of hydrogen-bond acceptors (Lipinski definition) is 1. The van der Waals surface area contributed by atoms with Crippen LogP contribution in [-0.4, -0.2) is 12.5 Å². The minimum absolute atomic E-state index is 0.0156. The van der Waals surface area contributed by atoms with Gasteiger partial charge >= 0.3 is 0 Å². The summed E-state index contributed by atoms with van der Waals surface area (Å²) < 4.78 is 1.03. The Kier molecular flexibility index (Phi) is 6.05. The van der Waals surface area contributed by atoms with Crippen LogP contribution in [0.2, 0.25) is 0 Å². The van der Waals surface area contributed by atoms with Gasteiger partial charge in [-0.3, -0.25) is 4.79 Å². The van der Waals surface area contributed by atoms with Gasteiger partial charge < -0.3 is 5.32 Å². The van der Waals surface area contributed by atoms with Crippen LogP contribution < -0.4 is 5.32 Å². The predicted octanol–water partition coefficient (Wildman–Crippen LogP) is 4.42. The van der Waals surface area contributed by atoms with Gasteiger partial charge in [0.2, 0.25) is 0 Å². The molecule has 3 heteroatoms. The highest BCUT2D eigenvalue weighted by Gasteiger charge is 2.18. The molecular weight excluding hydrogens is 302 g/mol. The first-order valence-electron chi connectivity index (χ1n) is 6.87. The minimum atomic E-state index is 0.0156. The van der Waals surface area contributed by atoms with Crippen molar-refractivity contribution in [3.05, 3.63) is 33.8 Å². The van der Waals surface area contributed by atoms with Gasteiger partial charge in [0.25, 0.3) is 5.91 Å². The monoisotopic (exact) mass is 325 g/mol. The molecular formula is C16H24BrNO. The minimum Gasteiger partial charge on any atom is -0.352 e. The number of amides is 1. The van der Waals surface area contributed by atoms with Crippen LogP contribution in [0.25, 0.3) is 0 Å². The largest absolute Gasteiger partial charge is 0.352 e. The lowest BCUT2D eigenvalue weighted by atomic mass is 9.85. The molecule has 0 aromatic heterocycles. The molecule has 0 aliphatic carbocycles. The van der Waals surface area contributed by atoms with E-state index in [1.807, 2.05) is 25.1 Å². The summed E-state index contributed by atoms with van der Waals surface area (Å²) in [7, 11) is 0. The third kappa shape index (κ3) is 4.64. The molecule has 0 aliphatic heterocycles. The van der Waals surface area contributed by atoms with Crippen molar-refractivity contribution in [2.45, 2.75) is 34.6 Å². The van der Waals surface area contributed by atoms with E-state index in [2.05, 4.69) is 48.9 Å². The first-order valence-corrected chi connectivity index (χ1v) is 7.66. The number of nitrogens with one attached hydrogen (secondary N) is 1. The Balaban J connectivity index is 2.66. The van der Waals surface area contributed by atoms with Crippen LogP contribution in [0.15, 0.2) is 22.7 Å². The van der Waals surface area contributed by atoms with E-state index < -0.39 is 0 Å². The molecule has 1 rings (SSSR count). The first-order chi connectivity index (χ1) is 8.82. The Hall–Kier alpha value is -0.830. The molecule has 0 saturated heterocycles. The van der Waals surface area contributed by atoms with E-state index in [1.54, 1.807) is 0 Å². The molecule has 0 spiro atoms. The molecule has 0 unspecified atom stereocenters. The van der Waals surface area contributed by atoms with E-state index in [0.29, 0.717) is 17.8 Å². The second-order valence-corrected chi connectivity index (χ2v) is 6.68. The molecule has 0 radical (unpaired) electrons. The van der Waals surface area contributed by atoms with Crippen LogP contribution in [0.5, 0.6) is 0 Å². The molecule has 0 fully saturated rings. The molecule has 0 atom stereocenters. The van der Waals surface area contributed by atoms with Gasteiger partial charge in [-0.2, -0.15) is 0 Å². The third-order valence-electron chi connectivity index (χ3n) is 3.63. The highest BCUT2D eigenvalue weighted by atomic mass is 79.9. The average molecular weight is 326 g/mol. The molecule has 0 bridgehead atoms. The van der Waals surface area contributed by atoms with E-state index >= 15 is 0 Å². The summed E-state index contributed by atoms with van der Waals surface area (Å²) in [4.78, 5) is 12.1. The summed E-state index contributed by atoms with van der Waals surface area (Å²) >= 11 is 3.45. The molecule has 0 aliphatic rings. The Morgan fingerprint density at radius 3 is 2.26 bits per heavy atom. The lowest BCUT2D eigenvalue weighted by molar-refractivity contribution is 0.0937. The van der Waals surface area contributed by atoms with Crippen molar-refractivity contribution in [1.82, 2.24) is 5.32 Å². The fraction of sp³-hybridized carbons (Fsp3) is 0.562. The normalized spacial score (nSPS) is 11.4. The van der Waals surface area contributed by atoms with Crippen LogP contribution in [0.3, 0.4) is 0 Å². The topological polar surface area (TPSA) is 29.1 Å². The van der Waals surface area contributed by atoms with Crippen LogP contribution in [0.1, 0.15) is 43.6 Å². The highest BCUT2D eigenvalue weighted by Crippen LogP contribution is 2.20. The molecule has 0 saturated carbocycles. The molecule has 19 heavy (non-hydrogen) atoms. The Morgan fingerprint density at radius 2 is 1.79 bits per heavy atom. The summed E-state index contributed by atoms with van der Waals surface area (Å²) in [6.07, 6.45) is 0. The number of hydrogen-bond donors (Lipinski definition) is 1. The number of carbonyl (C=O) groups excluding carboxylic acids is 1. The first kappa shape index (κ1) is 16.2. The molecule has 1 aromatic carbocycles. The fourth-order valence-electron chi connectivity index (χ4n) is 2.34. The maximum Gasteiger partial charge on any atom is 0.251 e. The summed E-state index contributed by atoms with van der Waals surface area (Å²) in [5.41, 5.74) is 1.81. The standard InChI is InChI=1S/C16H24BrNO/c1-10(2)14(11(3)4)9-18-16(19)13-6-7-15(17)12(5)8-13/h6-8,10-11,14H,9H2,1-5H3,(H,18,19). The summed E-state index contributed by atoms with van der Waals surface area (Å²) in [5, 5.41) is 3.05. The second kappa shape index (κ2) is 7.09. The summed E-state index contributed by atoms with van der Waals surface area (Å²) in [5.74, 6) is 1.68. The van der Waals surface area contributed by atoms with Crippen molar-refractivity contribution in [1.29, 1.82) is 0 Å². The van der Waals surface area contributed by atoms with Gasteiger partial charge in [-0.25, -0.2) is 0 Å². The van der Waals surface area contributed by atoms with Gasteiger partial charge in [-0.05, 0) is 48.4 Å². The number of rotatable bonds is 5. The van der Waals surface area contributed by atoms with Crippen molar-refractivity contribution >= 4 is 21.8 Å². The van der Waals surface area contributed by atoms with E-state index in [4.69, 9.17) is 0 Å². The zero-order valence-electron chi connectivity index (χ0n) is 12.5. The molecule has 1 N–H and O–H groups in total. The number of carbonyl (C=O) groups is 1. The second-order valence-electron chi connectivity index (χ2n) is 5.83. The lowest BCUT2D eigenvalue weighted by Crippen LogP contribution is -2.33. The number of aryl methyl sites for hydroxylation is 1. The lowest BCUT2D eigenvalue weighted by Gasteiger charge is -2.25. The van der Waals surface area contributed by atoms with E-state index in [9.17, 15) is 4.79 Å². The Labute approximate surface area is 125 Å². The SMILES string of the molecule is Cc1cc(C(=O)NCC(C(C)C)C(C)C)ccc1Br. The summed E-state index contributed by atoms with van der Waals surface area (Å²) in [6.45, 7) is 11.6. The van der Waals surface area contributed by atoms with Crippen LogP contribution >= 0.6 is 15.9 Å². The molecule has 2 nitrogen and oxygen atoms in total. The highest BCUT2D eigenvalue weighted by molar-refractivity contribution is 9.10. The van der Waals surface area contributed by atoms with Crippen molar-refractivity contribution in [3.8, 4) is 0 Å². The van der Waals surface area contributed by atoms with Crippen LogP contribution in [0, 0.1) is 24.7 Å².